The molecule has 0 unspecified atom stereocenters. The van der Waals surface area contributed by atoms with Gasteiger partial charge in [-0.3, -0.25) is 4.79 Å². The predicted molar refractivity (Wildman–Crippen MR) is 83.9 cm³/mol. The first-order valence-corrected chi connectivity index (χ1v) is 7.16. The highest BCUT2D eigenvalue weighted by atomic mass is 16.5. The van der Waals surface area contributed by atoms with Crippen LogP contribution in [0, 0.1) is 12.8 Å². The van der Waals surface area contributed by atoms with E-state index < -0.39 is 0 Å². The maximum absolute atomic E-state index is 12.4. The van der Waals surface area contributed by atoms with E-state index in [2.05, 4.69) is 18.8 Å². The van der Waals surface area contributed by atoms with Gasteiger partial charge in [-0.25, -0.2) is 4.98 Å². The topological polar surface area (TPSA) is 39.2 Å². The first kappa shape index (κ1) is 15.2. The monoisotopic (exact) mass is 283 g/mol. The number of aromatic nitrogens is 1. The van der Waals surface area contributed by atoms with Gasteiger partial charge in [-0.15, -0.1) is 0 Å². The molecule has 0 fully saturated rings. The zero-order valence-corrected chi connectivity index (χ0v) is 13.0. The van der Waals surface area contributed by atoms with E-state index in [-0.39, 0.29) is 5.78 Å². The van der Waals surface area contributed by atoms with E-state index in [0.717, 1.165) is 12.0 Å². The van der Waals surface area contributed by atoms with Gasteiger partial charge in [-0.1, -0.05) is 44.2 Å². The Labute approximate surface area is 126 Å². The van der Waals surface area contributed by atoms with Crippen LogP contribution in [0.15, 0.2) is 36.4 Å². The maximum atomic E-state index is 12.4. The number of hydrogen-bond acceptors (Lipinski definition) is 3. The van der Waals surface area contributed by atoms with Crippen LogP contribution in [0.5, 0.6) is 5.88 Å². The van der Waals surface area contributed by atoms with Crippen molar-refractivity contribution in [1.29, 1.82) is 0 Å². The number of pyridine rings is 1. The van der Waals surface area contributed by atoms with Crippen molar-refractivity contribution >= 4 is 5.78 Å². The molecule has 0 amide bonds. The predicted octanol–water partition coefficient (Wildman–Crippen LogP) is 3.83. The summed E-state index contributed by atoms with van der Waals surface area (Å²) in [6, 6.07) is 11.4. The third-order valence-corrected chi connectivity index (χ3v) is 3.34. The minimum absolute atomic E-state index is 0.0793. The summed E-state index contributed by atoms with van der Waals surface area (Å²) < 4.78 is 5.17. The van der Waals surface area contributed by atoms with E-state index in [4.69, 9.17) is 4.74 Å². The molecular formula is C18H21NO2. The molecule has 21 heavy (non-hydrogen) atoms. The number of aryl methyl sites for hydroxylation is 1. The fourth-order valence-corrected chi connectivity index (χ4v) is 2.25. The normalized spacial score (nSPS) is 10.7. The van der Waals surface area contributed by atoms with E-state index >= 15 is 0 Å². The van der Waals surface area contributed by atoms with Gasteiger partial charge in [0.05, 0.1) is 7.11 Å². The van der Waals surface area contributed by atoms with Gasteiger partial charge in [-0.2, -0.15) is 0 Å². The van der Waals surface area contributed by atoms with E-state index in [1.165, 1.54) is 5.56 Å². The molecular weight excluding hydrogens is 262 g/mol. The maximum Gasteiger partial charge on any atom is 0.216 e. The van der Waals surface area contributed by atoms with Crippen LogP contribution in [0.4, 0.5) is 0 Å². The van der Waals surface area contributed by atoms with Crippen LogP contribution >= 0.6 is 0 Å². The quantitative estimate of drug-likeness (QED) is 0.783. The van der Waals surface area contributed by atoms with Crippen LogP contribution in [0.1, 0.15) is 41.0 Å². The molecule has 3 heteroatoms. The van der Waals surface area contributed by atoms with E-state index in [1.807, 2.05) is 37.3 Å². The molecule has 0 atom stereocenters. The van der Waals surface area contributed by atoms with E-state index in [1.54, 1.807) is 13.2 Å². The molecule has 1 aromatic heterocycles. The molecule has 110 valence electrons. The fraction of sp³-hybridized carbons (Fsp3) is 0.333. The molecule has 0 radical (unpaired) electrons. The van der Waals surface area contributed by atoms with Crippen molar-refractivity contribution in [3.05, 3.63) is 58.8 Å². The molecule has 0 saturated heterocycles. The molecule has 2 aromatic rings. The van der Waals surface area contributed by atoms with Crippen LogP contribution < -0.4 is 4.74 Å². The summed E-state index contributed by atoms with van der Waals surface area (Å²) in [5.41, 5.74) is 3.23. The number of nitrogens with zero attached hydrogens (tertiary/aromatic N) is 1. The zero-order chi connectivity index (χ0) is 15.4. The molecule has 0 aliphatic rings. The van der Waals surface area contributed by atoms with E-state index in [0.29, 0.717) is 23.1 Å². The third-order valence-electron chi connectivity index (χ3n) is 3.34. The summed E-state index contributed by atoms with van der Waals surface area (Å²) in [4.78, 5) is 16.7. The number of ether oxygens (including phenoxy) is 1. The van der Waals surface area contributed by atoms with Gasteiger partial charge in [0, 0.05) is 11.1 Å². The van der Waals surface area contributed by atoms with Gasteiger partial charge in [0.2, 0.25) is 11.7 Å². The second kappa shape index (κ2) is 6.53. The number of rotatable bonds is 5. The van der Waals surface area contributed by atoms with Crippen molar-refractivity contribution in [2.24, 2.45) is 5.92 Å². The summed E-state index contributed by atoms with van der Waals surface area (Å²) >= 11 is 0. The molecule has 1 heterocycles. The Hall–Kier alpha value is -2.16. The smallest absolute Gasteiger partial charge is 0.216 e. The Morgan fingerprint density at radius 3 is 2.38 bits per heavy atom. The Morgan fingerprint density at radius 1 is 1.14 bits per heavy atom. The zero-order valence-electron chi connectivity index (χ0n) is 13.0. The van der Waals surface area contributed by atoms with Crippen LogP contribution in [0.2, 0.25) is 0 Å². The number of hydrogen-bond donors (Lipinski definition) is 0. The van der Waals surface area contributed by atoms with Gasteiger partial charge in [0.25, 0.3) is 0 Å². The van der Waals surface area contributed by atoms with Crippen molar-refractivity contribution in [2.45, 2.75) is 27.2 Å². The van der Waals surface area contributed by atoms with Gasteiger partial charge in [0.15, 0.2) is 0 Å². The van der Waals surface area contributed by atoms with Crippen molar-refractivity contribution in [3.8, 4) is 5.88 Å². The number of carbonyl (C=O) groups excluding carboxylic acids is 1. The average molecular weight is 283 g/mol. The van der Waals surface area contributed by atoms with Gasteiger partial charge in [-0.05, 0) is 30.9 Å². The van der Waals surface area contributed by atoms with Crippen molar-refractivity contribution < 1.29 is 9.53 Å². The van der Waals surface area contributed by atoms with Crippen LogP contribution in [-0.4, -0.2) is 17.9 Å². The summed E-state index contributed by atoms with van der Waals surface area (Å²) in [6.07, 6.45) is 1.02. The second-order valence-electron chi connectivity index (χ2n) is 5.65. The minimum atomic E-state index is -0.0793. The lowest BCUT2D eigenvalue weighted by Gasteiger charge is -2.07. The highest BCUT2D eigenvalue weighted by molar-refractivity contribution is 6.07. The Kier molecular flexibility index (Phi) is 4.73. The van der Waals surface area contributed by atoms with Crippen molar-refractivity contribution in [2.75, 3.05) is 7.11 Å². The van der Waals surface area contributed by atoms with Crippen LogP contribution in [-0.2, 0) is 6.42 Å². The van der Waals surface area contributed by atoms with E-state index in [9.17, 15) is 4.79 Å². The number of carbonyl (C=O) groups is 1. The first-order valence-electron chi connectivity index (χ1n) is 7.16. The lowest BCUT2D eigenvalue weighted by molar-refractivity contribution is 0.103. The highest BCUT2D eigenvalue weighted by Gasteiger charge is 2.13. The Morgan fingerprint density at radius 2 is 1.81 bits per heavy atom. The number of benzene rings is 1. The lowest BCUT2D eigenvalue weighted by Crippen LogP contribution is -2.06. The Bertz CT molecular complexity index is 630. The summed E-state index contributed by atoms with van der Waals surface area (Å²) in [5, 5.41) is 0. The van der Waals surface area contributed by atoms with Crippen LogP contribution in [0.25, 0.3) is 0 Å². The highest BCUT2D eigenvalue weighted by Crippen LogP contribution is 2.17. The SMILES string of the molecule is COc1nc(C(=O)c2ccc(CC(C)C)cc2)ccc1C. The summed E-state index contributed by atoms with van der Waals surface area (Å²) in [6.45, 7) is 6.27. The molecule has 0 saturated carbocycles. The molecule has 3 nitrogen and oxygen atoms in total. The second-order valence-corrected chi connectivity index (χ2v) is 5.65. The van der Waals surface area contributed by atoms with Crippen LogP contribution in [0.3, 0.4) is 0 Å². The third kappa shape index (κ3) is 3.69. The molecule has 0 aliphatic heterocycles. The Balaban J connectivity index is 2.23. The molecule has 2 rings (SSSR count). The van der Waals surface area contributed by atoms with Crippen molar-refractivity contribution in [1.82, 2.24) is 4.98 Å². The summed E-state index contributed by atoms with van der Waals surface area (Å²) in [5.74, 6) is 1.02. The molecule has 0 bridgehead atoms. The number of methoxy groups -OCH3 is 1. The van der Waals surface area contributed by atoms with Gasteiger partial charge >= 0.3 is 0 Å². The summed E-state index contributed by atoms with van der Waals surface area (Å²) in [7, 11) is 1.56. The lowest BCUT2D eigenvalue weighted by atomic mass is 10.00. The average Bonchev–Trinajstić information content (AvgIpc) is 2.47. The molecule has 0 aliphatic carbocycles. The minimum Gasteiger partial charge on any atom is -0.481 e. The number of ketones is 1. The van der Waals surface area contributed by atoms with Gasteiger partial charge in [0.1, 0.15) is 5.69 Å². The molecule has 0 N–H and O–H groups in total. The first-order chi connectivity index (χ1) is 10.0. The van der Waals surface area contributed by atoms with Gasteiger partial charge < -0.3 is 4.74 Å². The standard InChI is InChI=1S/C18H21NO2/c1-12(2)11-14-6-8-15(9-7-14)17(20)16-10-5-13(3)18(19-16)21-4/h5-10,12H,11H2,1-4H3. The van der Waals surface area contributed by atoms with Crippen molar-refractivity contribution in [3.63, 3.8) is 0 Å². The molecule has 1 aromatic carbocycles. The largest absolute Gasteiger partial charge is 0.481 e. The molecule has 0 spiro atoms. The fourth-order valence-electron chi connectivity index (χ4n) is 2.25.